The second-order valence-electron chi connectivity index (χ2n) is 11.6. The summed E-state index contributed by atoms with van der Waals surface area (Å²) in [5, 5.41) is 0. The standard InChI is InChI=1S/C32H35BN3/c1-21-11-8-12-22(2)29(21)33-35(30-23(3)13-9-14-24(30)4)27-16-10-15-25-20-34-18-17-26(32(5,6)7)19-28(34)36(33)31(25)27/h8-19H,20H2,1-7H3/q+1. The average Bonchev–Trinajstić information content (AvgIpc) is 3.14. The molecule has 4 heteroatoms. The van der Waals surface area contributed by atoms with Crippen molar-refractivity contribution in [2.75, 3.05) is 9.62 Å². The number of rotatable bonds is 2. The molecule has 6 rings (SSSR count). The Morgan fingerprint density at radius 3 is 1.97 bits per heavy atom. The highest BCUT2D eigenvalue weighted by Gasteiger charge is 2.55. The number of aromatic nitrogens is 1. The van der Waals surface area contributed by atoms with E-state index in [9.17, 15) is 0 Å². The summed E-state index contributed by atoms with van der Waals surface area (Å²) in [6.45, 7) is 16.8. The molecule has 0 saturated heterocycles. The van der Waals surface area contributed by atoms with Gasteiger partial charge in [-0.1, -0.05) is 69.3 Å². The van der Waals surface area contributed by atoms with E-state index in [4.69, 9.17) is 0 Å². The van der Waals surface area contributed by atoms with E-state index in [1.165, 1.54) is 61.7 Å². The first-order valence-electron chi connectivity index (χ1n) is 13.0. The van der Waals surface area contributed by atoms with Crippen molar-refractivity contribution in [1.29, 1.82) is 0 Å². The van der Waals surface area contributed by atoms with E-state index in [0.29, 0.717) is 0 Å². The molecule has 0 bridgehead atoms. The third-order valence-corrected chi connectivity index (χ3v) is 8.04. The van der Waals surface area contributed by atoms with E-state index in [0.717, 1.165) is 6.54 Å². The van der Waals surface area contributed by atoms with Crippen LogP contribution in [0.3, 0.4) is 0 Å². The van der Waals surface area contributed by atoms with Gasteiger partial charge in [0.25, 0.3) is 5.82 Å². The zero-order chi connectivity index (χ0) is 25.4. The molecule has 4 aromatic rings. The predicted molar refractivity (Wildman–Crippen MR) is 152 cm³/mol. The minimum atomic E-state index is 0.0314. The van der Waals surface area contributed by atoms with Gasteiger partial charge in [0.05, 0.1) is 11.9 Å². The van der Waals surface area contributed by atoms with Gasteiger partial charge in [0.15, 0.2) is 0 Å². The number of hydrogen-bond donors (Lipinski definition) is 0. The van der Waals surface area contributed by atoms with Gasteiger partial charge in [-0.25, -0.2) is 4.57 Å². The number of para-hydroxylation sites is 2. The maximum absolute atomic E-state index is 2.62. The van der Waals surface area contributed by atoms with Crippen LogP contribution in [-0.2, 0) is 12.0 Å². The maximum atomic E-state index is 2.62. The lowest BCUT2D eigenvalue weighted by atomic mass is 9.61. The zero-order valence-corrected chi connectivity index (χ0v) is 22.6. The van der Waals surface area contributed by atoms with Crippen LogP contribution in [-0.4, -0.2) is 6.98 Å². The van der Waals surface area contributed by atoms with Crippen LogP contribution in [0.15, 0.2) is 72.9 Å². The molecule has 0 unspecified atom stereocenters. The van der Waals surface area contributed by atoms with Gasteiger partial charge in [0, 0.05) is 22.8 Å². The number of hydrogen-bond acceptors (Lipinski definition) is 2. The molecule has 0 radical (unpaired) electrons. The van der Waals surface area contributed by atoms with Crippen molar-refractivity contribution in [1.82, 2.24) is 0 Å². The van der Waals surface area contributed by atoms with E-state index in [1.807, 2.05) is 0 Å². The van der Waals surface area contributed by atoms with E-state index >= 15 is 0 Å². The van der Waals surface area contributed by atoms with Gasteiger partial charge < -0.3 is 4.81 Å². The Morgan fingerprint density at radius 2 is 1.33 bits per heavy atom. The first-order chi connectivity index (χ1) is 17.2. The van der Waals surface area contributed by atoms with Crippen molar-refractivity contribution in [3.8, 4) is 0 Å². The molecule has 180 valence electrons. The largest absolute Gasteiger partial charge is 0.543 e. The van der Waals surface area contributed by atoms with Crippen LogP contribution in [0.25, 0.3) is 0 Å². The predicted octanol–water partition coefficient (Wildman–Crippen LogP) is 6.55. The lowest BCUT2D eigenvalue weighted by Gasteiger charge is -2.31. The highest BCUT2D eigenvalue weighted by molar-refractivity contribution is 6.85. The summed E-state index contributed by atoms with van der Waals surface area (Å²) < 4.78 is 2.43. The van der Waals surface area contributed by atoms with Crippen LogP contribution in [0.1, 0.15) is 54.2 Å². The Hall–Kier alpha value is -3.53. The molecule has 0 spiro atoms. The van der Waals surface area contributed by atoms with Gasteiger partial charge >= 0.3 is 6.98 Å². The summed E-state index contributed by atoms with van der Waals surface area (Å²) in [5.74, 6) is 1.27. The molecule has 0 fully saturated rings. The highest BCUT2D eigenvalue weighted by Crippen LogP contribution is 2.50. The van der Waals surface area contributed by atoms with Crippen LogP contribution >= 0.6 is 0 Å². The number of anilines is 4. The number of fused-ring (bicyclic) bond motifs is 2. The summed E-state index contributed by atoms with van der Waals surface area (Å²) in [6, 6.07) is 24.9. The van der Waals surface area contributed by atoms with E-state index in [2.05, 4.69) is 136 Å². The quantitative estimate of drug-likeness (QED) is 0.242. The van der Waals surface area contributed by atoms with Crippen molar-refractivity contribution in [3.05, 3.63) is 106 Å². The molecule has 2 aliphatic rings. The summed E-state index contributed by atoms with van der Waals surface area (Å²) in [5.41, 5.74) is 13.4. The van der Waals surface area contributed by atoms with Crippen LogP contribution in [0.2, 0.25) is 0 Å². The zero-order valence-electron chi connectivity index (χ0n) is 22.6. The van der Waals surface area contributed by atoms with E-state index in [-0.39, 0.29) is 12.4 Å². The highest BCUT2D eigenvalue weighted by atomic mass is 15.4. The Kier molecular flexibility index (Phi) is 5.09. The van der Waals surface area contributed by atoms with E-state index < -0.39 is 0 Å². The minimum Gasteiger partial charge on any atom is -0.336 e. The normalized spacial score (nSPS) is 14.2. The Bertz CT molecular complexity index is 1470. The summed E-state index contributed by atoms with van der Waals surface area (Å²) >= 11 is 0. The van der Waals surface area contributed by atoms with E-state index in [1.54, 1.807) is 0 Å². The van der Waals surface area contributed by atoms with Gasteiger partial charge in [-0.3, -0.25) is 4.81 Å². The monoisotopic (exact) mass is 472 g/mol. The van der Waals surface area contributed by atoms with Gasteiger partial charge in [-0.2, -0.15) is 0 Å². The van der Waals surface area contributed by atoms with Gasteiger partial charge in [0.1, 0.15) is 12.2 Å². The molecular weight excluding hydrogens is 437 g/mol. The van der Waals surface area contributed by atoms with Gasteiger partial charge in [0.2, 0.25) is 0 Å². The smallest absolute Gasteiger partial charge is 0.336 e. The van der Waals surface area contributed by atoms with Crippen molar-refractivity contribution in [3.63, 3.8) is 0 Å². The Morgan fingerprint density at radius 1 is 0.722 bits per heavy atom. The van der Waals surface area contributed by atoms with Crippen LogP contribution in [0.5, 0.6) is 0 Å². The molecule has 3 nitrogen and oxygen atoms in total. The number of aryl methyl sites for hydroxylation is 4. The minimum absolute atomic E-state index is 0.0314. The van der Waals surface area contributed by atoms with Crippen LogP contribution in [0, 0.1) is 27.7 Å². The number of pyridine rings is 1. The van der Waals surface area contributed by atoms with Crippen molar-refractivity contribution in [2.45, 2.75) is 60.4 Å². The Balaban J connectivity index is 1.71. The lowest BCUT2D eigenvalue weighted by molar-refractivity contribution is -0.676. The van der Waals surface area contributed by atoms with Crippen molar-refractivity contribution >= 4 is 35.3 Å². The number of benzene rings is 3. The Labute approximate surface area is 216 Å². The van der Waals surface area contributed by atoms with Crippen molar-refractivity contribution in [2.24, 2.45) is 0 Å². The van der Waals surface area contributed by atoms with Crippen molar-refractivity contribution < 1.29 is 4.57 Å². The molecule has 36 heavy (non-hydrogen) atoms. The lowest BCUT2D eigenvalue weighted by Crippen LogP contribution is -2.59. The topological polar surface area (TPSA) is 10.4 Å². The van der Waals surface area contributed by atoms with Crippen LogP contribution < -0.4 is 19.7 Å². The van der Waals surface area contributed by atoms with Crippen LogP contribution in [0.4, 0.5) is 22.9 Å². The molecule has 0 N–H and O–H groups in total. The molecule has 0 atom stereocenters. The average molecular weight is 472 g/mol. The molecule has 1 aromatic heterocycles. The molecule has 3 heterocycles. The second kappa shape index (κ2) is 7.99. The fraction of sp³-hybridized carbons (Fsp3) is 0.281. The third-order valence-electron chi connectivity index (χ3n) is 8.04. The van der Waals surface area contributed by atoms with Gasteiger partial charge in [-0.05, 0) is 73.1 Å². The molecule has 3 aromatic carbocycles. The molecule has 0 aliphatic carbocycles. The third kappa shape index (κ3) is 3.31. The first kappa shape index (κ1) is 22.9. The first-order valence-corrected chi connectivity index (χ1v) is 13.0. The number of nitrogens with zero attached hydrogens (tertiary/aromatic N) is 3. The fourth-order valence-electron chi connectivity index (χ4n) is 6.22. The molecule has 0 amide bonds. The summed E-state index contributed by atoms with van der Waals surface area (Å²) in [6.07, 6.45) is 2.29. The van der Waals surface area contributed by atoms with Gasteiger partial charge in [-0.15, -0.1) is 0 Å². The molecular formula is C32H35BN3+. The SMILES string of the molecule is Cc1cccc(C)c1B1N(c2c(C)cccc2C)c2cccc3c2N1c1cc(C(C)(C)C)cc[n+]1C3. The summed E-state index contributed by atoms with van der Waals surface area (Å²) in [4.78, 5) is 5.23. The maximum Gasteiger partial charge on any atom is 0.543 e. The molecule has 2 aliphatic heterocycles. The fourth-order valence-corrected chi connectivity index (χ4v) is 6.22. The summed E-state index contributed by atoms with van der Waals surface area (Å²) in [7, 11) is 0. The second-order valence-corrected chi connectivity index (χ2v) is 11.6. The molecule has 0 saturated carbocycles.